The molecule has 0 aliphatic carbocycles. The van der Waals surface area contributed by atoms with Crippen LogP contribution in [0.3, 0.4) is 0 Å². The summed E-state index contributed by atoms with van der Waals surface area (Å²) in [5, 5.41) is 0. The molecule has 2 heteroatoms. The Kier molecular flexibility index (Phi) is 4.90. The zero-order valence-electron chi connectivity index (χ0n) is 10.3. The number of hydrogen-bond acceptors (Lipinski definition) is 2. The van der Waals surface area contributed by atoms with Crippen molar-refractivity contribution in [2.24, 2.45) is 0 Å². The van der Waals surface area contributed by atoms with Crippen LogP contribution in [0.2, 0.25) is 0 Å². The molecule has 0 saturated carbocycles. The van der Waals surface area contributed by atoms with Crippen LogP contribution in [0.5, 0.6) is 0 Å². The highest BCUT2D eigenvalue weighted by atomic mass is 15.3. The van der Waals surface area contributed by atoms with Crippen molar-refractivity contribution in [2.75, 3.05) is 26.2 Å². The van der Waals surface area contributed by atoms with Crippen LogP contribution in [0.25, 0.3) is 0 Å². The lowest BCUT2D eigenvalue weighted by Crippen LogP contribution is -2.41. The maximum atomic E-state index is 2.63. The Morgan fingerprint density at radius 2 is 2.07 bits per heavy atom. The van der Waals surface area contributed by atoms with Gasteiger partial charge in [-0.15, -0.1) is 0 Å². The SMILES string of the molecule is CCCN1CCC(N(CC)C(C)C)C1. The third-order valence-electron chi connectivity index (χ3n) is 3.28. The van der Waals surface area contributed by atoms with Crippen LogP contribution in [-0.2, 0) is 0 Å². The molecular formula is C12H26N2. The Morgan fingerprint density at radius 3 is 2.57 bits per heavy atom. The van der Waals surface area contributed by atoms with E-state index in [0.29, 0.717) is 6.04 Å². The van der Waals surface area contributed by atoms with E-state index in [1.807, 2.05) is 0 Å². The molecule has 84 valence electrons. The lowest BCUT2D eigenvalue weighted by molar-refractivity contribution is 0.161. The summed E-state index contributed by atoms with van der Waals surface area (Å²) >= 11 is 0. The molecule has 0 bridgehead atoms. The van der Waals surface area contributed by atoms with Gasteiger partial charge in [0, 0.05) is 18.6 Å². The molecule has 1 heterocycles. The number of rotatable bonds is 5. The molecule has 0 N–H and O–H groups in total. The van der Waals surface area contributed by atoms with Crippen molar-refractivity contribution < 1.29 is 0 Å². The summed E-state index contributed by atoms with van der Waals surface area (Å²) in [7, 11) is 0. The Morgan fingerprint density at radius 1 is 1.36 bits per heavy atom. The van der Waals surface area contributed by atoms with Gasteiger partial charge in [-0.05, 0) is 46.3 Å². The Balaban J connectivity index is 2.39. The number of nitrogens with zero attached hydrogens (tertiary/aromatic N) is 2. The largest absolute Gasteiger partial charge is 0.302 e. The third-order valence-corrected chi connectivity index (χ3v) is 3.28. The molecule has 1 aliphatic rings. The summed E-state index contributed by atoms with van der Waals surface area (Å²) in [6, 6.07) is 1.51. The smallest absolute Gasteiger partial charge is 0.0237 e. The highest BCUT2D eigenvalue weighted by Crippen LogP contribution is 2.17. The van der Waals surface area contributed by atoms with Gasteiger partial charge in [0.05, 0.1) is 0 Å². The fourth-order valence-corrected chi connectivity index (χ4v) is 2.65. The maximum absolute atomic E-state index is 2.63. The summed E-state index contributed by atoms with van der Waals surface area (Å²) in [4.78, 5) is 5.24. The van der Waals surface area contributed by atoms with Gasteiger partial charge in [-0.2, -0.15) is 0 Å². The third kappa shape index (κ3) is 2.96. The van der Waals surface area contributed by atoms with Crippen molar-refractivity contribution >= 4 is 0 Å². The summed E-state index contributed by atoms with van der Waals surface area (Å²) < 4.78 is 0. The monoisotopic (exact) mass is 198 g/mol. The standard InChI is InChI=1S/C12H26N2/c1-5-8-13-9-7-12(10-13)14(6-2)11(3)4/h11-12H,5-10H2,1-4H3. The Bertz CT molecular complexity index is 156. The molecule has 2 nitrogen and oxygen atoms in total. The van der Waals surface area contributed by atoms with Crippen molar-refractivity contribution in [3.63, 3.8) is 0 Å². The summed E-state index contributed by atoms with van der Waals surface area (Å²) in [6.45, 7) is 14.3. The lowest BCUT2D eigenvalue weighted by Gasteiger charge is -2.31. The van der Waals surface area contributed by atoms with E-state index < -0.39 is 0 Å². The Labute approximate surface area is 89.3 Å². The van der Waals surface area contributed by atoms with Gasteiger partial charge in [0.25, 0.3) is 0 Å². The van der Waals surface area contributed by atoms with Crippen LogP contribution in [0.15, 0.2) is 0 Å². The fourth-order valence-electron chi connectivity index (χ4n) is 2.65. The van der Waals surface area contributed by atoms with Crippen LogP contribution in [0.1, 0.15) is 40.5 Å². The molecule has 0 aromatic heterocycles. The van der Waals surface area contributed by atoms with E-state index in [4.69, 9.17) is 0 Å². The van der Waals surface area contributed by atoms with Crippen LogP contribution >= 0.6 is 0 Å². The molecular weight excluding hydrogens is 172 g/mol. The molecule has 1 saturated heterocycles. The molecule has 1 unspecified atom stereocenters. The van der Waals surface area contributed by atoms with E-state index >= 15 is 0 Å². The number of hydrogen-bond donors (Lipinski definition) is 0. The molecule has 1 aliphatic heterocycles. The predicted molar refractivity (Wildman–Crippen MR) is 62.7 cm³/mol. The second-order valence-electron chi connectivity index (χ2n) is 4.67. The number of likely N-dealkylation sites (tertiary alicyclic amines) is 1. The van der Waals surface area contributed by atoms with Gasteiger partial charge < -0.3 is 4.90 Å². The first-order valence-electron chi connectivity index (χ1n) is 6.17. The van der Waals surface area contributed by atoms with E-state index in [1.165, 1.54) is 39.0 Å². The average Bonchev–Trinajstić information content (AvgIpc) is 2.54. The minimum absolute atomic E-state index is 0.701. The molecule has 1 fully saturated rings. The first-order valence-corrected chi connectivity index (χ1v) is 6.17. The van der Waals surface area contributed by atoms with Crippen LogP contribution in [-0.4, -0.2) is 48.1 Å². The van der Waals surface area contributed by atoms with Gasteiger partial charge in [0.15, 0.2) is 0 Å². The second-order valence-corrected chi connectivity index (χ2v) is 4.67. The minimum Gasteiger partial charge on any atom is -0.302 e. The zero-order valence-corrected chi connectivity index (χ0v) is 10.3. The van der Waals surface area contributed by atoms with E-state index in [2.05, 4.69) is 37.5 Å². The highest BCUT2D eigenvalue weighted by Gasteiger charge is 2.27. The van der Waals surface area contributed by atoms with E-state index in [0.717, 1.165) is 6.04 Å². The average molecular weight is 198 g/mol. The zero-order chi connectivity index (χ0) is 10.6. The molecule has 0 radical (unpaired) electrons. The fraction of sp³-hybridized carbons (Fsp3) is 1.00. The first-order chi connectivity index (χ1) is 6.69. The van der Waals surface area contributed by atoms with E-state index in [1.54, 1.807) is 0 Å². The molecule has 1 rings (SSSR count). The van der Waals surface area contributed by atoms with Crippen molar-refractivity contribution in [1.29, 1.82) is 0 Å². The van der Waals surface area contributed by atoms with Gasteiger partial charge in [-0.1, -0.05) is 13.8 Å². The Hall–Kier alpha value is -0.0800. The van der Waals surface area contributed by atoms with Crippen molar-refractivity contribution in [3.05, 3.63) is 0 Å². The molecule has 0 amide bonds. The first kappa shape index (κ1) is 12.0. The van der Waals surface area contributed by atoms with E-state index in [-0.39, 0.29) is 0 Å². The number of likely N-dealkylation sites (N-methyl/N-ethyl adjacent to an activating group) is 1. The summed E-state index contributed by atoms with van der Waals surface area (Å²) in [5.74, 6) is 0. The van der Waals surface area contributed by atoms with Crippen molar-refractivity contribution in [1.82, 2.24) is 9.80 Å². The molecule has 0 spiro atoms. The van der Waals surface area contributed by atoms with Gasteiger partial charge in [0.1, 0.15) is 0 Å². The molecule has 14 heavy (non-hydrogen) atoms. The van der Waals surface area contributed by atoms with Crippen LogP contribution in [0, 0.1) is 0 Å². The summed E-state index contributed by atoms with van der Waals surface area (Å²) in [6.07, 6.45) is 2.66. The predicted octanol–water partition coefficient (Wildman–Crippen LogP) is 2.20. The van der Waals surface area contributed by atoms with Gasteiger partial charge in [0.2, 0.25) is 0 Å². The second kappa shape index (κ2) is 5.72. The normalized spacial score (nSPS) is 24.0. The van der Waals surface area contributed by atoms with E-state index in [9.17, 15) is 0 Å². The van der Waals surface area contributed by atoms with Gasteiger partial charge >= 0.3 is 0 Å². The lowest BCUT2D eigenvalue weighted by atomic mass is 10.2. The quantitative estimate of drug-likeness (QED) is 0.668. The minimum atomic E-state index is 0.701. The van der Waals surface area contributed by atoms with Gasteiger partial charge in [-0.25, -0.2) is 0 Å². The van der Waals surface area contributed by atoms with Crippen molar-refractivity contribution in [3.8, 4) is 0 Å². The summed E-state index contributed by atoms with van der Waals surface area (Å²) in [5.41, 5.74) is 0. The van der Waals surface area contributed by atoms with Crippen LogP contribution in [0.4, 0.5) is 0 Å². The molecule has 1 atom stereocenters. The van der Waals surface area contributed by atoms with Crippen molar-refractivity contribution in [2.45, 2.75) is 52.6 Å². The molecule has 0 aromatic rings. The molecule has 0 aromatic carbocycles. The topological polar surface area (TPSA) is 6.48 Å². The maximum Gasteiger partial charge on any atom is 0.0237 e. The van der Waals surface area contributed by atoms with Gasteiger partial charge in [-0.3, -0.25) is 4.90 Å². The van der Waals surface area contributed by atoms with Crippen LogP contribution < -0.4 is 0 Å². The highest BCUT2D eigenvalue weighted by molar-refractivity contribution is 4.84.